The lowest BCUT2D eigenvalue weighted by Crippen LogP contribution is -2.03. The van der Waals surface area contributed by atoms with Gasteiger partial charge in [-0.3, -0.25) is 0 Å². The van der Waals surface area contributed by atoms with Crippen molar-refractivity contribution in [3.63, 3.8) is 0 Å². The standard InChI is InChI=1S/C10H15NO2S/c1-6-4-7(6)9-11-8(5-14-9)10(12-2)13-3/h5-7,10H,4H2,1-3H3. The van der Waals surface area contributed by atoms with Crippen LogP contribution in [-0.4, -0.2) is 19.2 Å². The Hall–Kier alpha value is -0.450. The summed E-state index contributed by atoms with van der Waals surface area (Å²) in [7, 11) is 3.26. The highest BCUT2D eigenvalue weighted by atomic mass is 32.1. The van der Waals surface area contributed by atoms with Gasteiger partial charge >= 0.3 is 0 Å². The molecular formula is C10H15NO2S. The first-order chi connectivity index (χ1) is 6.76. The van der Waals surface area contributed by atoms with Gasteiger partial charge in [-0.1, -0.05) is 6.92 Å². The summed E-state index contributed by atoms with van der Waals surface area (Å²) in [4.78, 5) is 4.53. The van der Waals surface area contributed by atoms with Crippen LogP contribution >= 0.6 is 11.3 Å². The summed E-state index contributed by atoms with van der Waals surface area (Å²) in [6, 6.07) is 0. The maximum absolute atomic E-state index is 5.15. The van der Waals surface area contributed by atoms with Crippen LogP contribution in [0.25, 0.3) is 0 Å². The normalized spacial score (nSPS) is 25.7. The van der Waals surface area contributed by atoms with E-state index in [4.69, 9.17) is 9.47 Å². The number of methoxy groups -OCH3 is 2. The van der Waals surface area contributed by atoms with Crippen LogP contribution in [0.5, 0.6) is 0 Å². The maximum atomic E-state index is 5.15. The van der Waals surface area contributed by atoms with Crippen molar-refractivity contribution >= 4 is 11.3 Å². The number of thiazole rings is 1. The third-order valence-electron chi connectivity index (χ3n) is 2.64. The molecule has 0 amide bonds. The highest BCUT2D eigenvalue weighted by Crippen LogP contribution is 2.48. The van der Waals surface area contributed by atoms with E-state index in [2.05, 4.69) is 11.9 Å². The van der Waals surface area contributed by atoms with E-state index in [1.54, 1.807) is 25.6 Å². The molecular weight excluding hydrogens is 198 g/mol. The van der Waals surface area contributed by atoms with Gasteiger partial charge in [-0.25, -0.2) is 4.98 Å². The zero-order valence-corrected chi connectivity index (χ0v) is 9.50. The molecule has 1 aliphatic rings. The Morgan fingerprint density at radius 1 is 1.50 bits per heavy atom. The van der Waals surface area contributed by atoms with E-state index in [0.29, 0.717) is 5.92 Å². The Morgan fingerprint density at radius 2 is 2.14 bits per heavy atom. The third-order valence-corrected chi connectivity index (χ3v) is 3.63. The lowest BCUT2D eigenvalue weighted by atomic mass is 10.3. The fourth-order valence-corrected chi connectivity index (χ4v) is 2.65. The number of aromatic nitrogens is 1. The van der Waals surface area contributed by atoms with Gasteiger partial charge in [-0.2, -0.15) is 0 Å². The van der Waals surface area contributed by atoms with E-state index in [1.807, 2.05) is 5.38 Å². The lowest BCUT2D eigenvalue weighted by Gasteiger charge is -2.09. The van der Waals surface area contributed by atoms with Crippen LogP contribution in [0.15, 0.2) is 5.38 Å². The van der Waals surface area contributed by atoms with Gasteiger partial charge < -0.3 is 9.47 Å². The molecule has 1 fully saturated rings. The SMILES string of the molecule is COC(OC)c1csc(C2CC2C)n1. The van der Waals surface area contributed by atoms with Gasteiger partial charge in [0.1, 0.15) is 5.69 Å². The maximum Gasteiger partial charge on any atom is 0.201 e. The van der Waals surface area contributed by atoms with E-state index in [1.165, 1.54) is 11.4 Å². The van der Waals surface area contributed by atoms with Crippen molar-refractivity contribution < 1.29 is 9.47 Å². The molecule has 1 aliphatic carbocycles. The van der Waals surface area contributed by atoms with Crippen LogP contribution in [-0.2, 0) is 9.47 Å². The minimum absolute atomic E-state index is 0.311. The molecule has 3 nitrogen and oxygen atoms in total. The van der Waals surface area contributed by atoms with Gasteiger partial charge in [0.25, 0.3) is 0 Å². The summed E-state index contributed by atoms with van der Waals surface area (Å²) in [5, 5.41) is 3.25. The van der Waals surface area contributed by atoms with Crippen molar-refractivity contribution in [2.75, 3.05) is 14.2 Å². The van der Waals surface area contributed by atoms with Crippen molar-refractivity contribution in [3.05, 3.63) is 16.1 Å². The second-order valence-corrected chi connectivity index (χ2v) is 4.62. The van der Waals surface area contributed by atoms with Crippen LogP contribution in [0, 0.1) is 5.92 Å². The van der Waals surface area contributed by atoms with Crippen molar-refractivity contribution in [1.82, 2.24) is 4.98 Å². The average Bonchev–Trinajstić information content (AvgIpc) is 2.74. The largest absolute Gasteiger partial charge is 0.350 e. The molecule has 0 spiro atoms. The molecule has 0 aliphatic heterocycles. The Bertz CT molecular complexity index is 309. The van der Waals surface area contributed by atoms with E-state index in [9.17, 15) is 0 Å². The topological polar surface area (TPSA) is 31.4 Å². The first-order valence-electron chi connectivity index (χ1n) is 4.77. The predicted octanol–water partition coefficient (Wildman–Crippen LogP) is 2.56. The van der Waals surface area contributed by atoms with E-state index >= 15 is 0 Å². The van der Waals surface area contributed by atoms with E-state index in [-0.39, 0.29) is 6.29 Å². The number of hydrogen-bond donors (Lipinski definition) is 0. The lowest BCUT2D eigenvalue weighted by molar-refractivity contribution is -0.108. The number of rotatable bonds is 4. The summed E-state index contributed by atoms with van der Waals surface area (Å²) >= 11 is 1.71. The molecule has 1 saturated carbocycles. The molecule has 0 bridgehead atoms. The molecule has 14 heavy (non-hydrogen) atoms. The summed E-state index contributed by atoms with van der Waals surface area (Å²) in [5.74, 6) is 1.49. The minimum atomic E-state index is -0.311. The van der Waals surface area contributed by atoms with E-state index < -0.39 is 0 Å². The summed E-state index contributed by atoms with van der Waals surface area (Å²) in [6.07, 6.45) is 0.964. The first kappa shape index (κ1) is 10.1. The smallest absolute Gasteiger partial charge is 0.201 e. The Balaban J connectivity index is 2.09. The van der Waals surface area contributed by atoms with Gasteiger partial charge in [-0.05, 0) is 12.3 Å². The number of hydrogen-bond acceptors (Lipinski definition) is 4. The quantitative estimate of drug-likeness (QED) is 0.720. The second kappa shape index (κ2) is 3.96. The average molecular weight is 213 g/mol. The Labute approximate surface area is 88.1 Å². The van der Waals surface area contributed by atoms with Crippen molar-refractivity contribution in [3.8, 4) is 0 Å². The van der Waals surface area contributed by atoms with Crippen molar-refractivity contribution in [1.29, 1.82) is 0 Å². The van der Waals surface area contributed by atoms with Gasteiger partial charge in [0.2, 0.25) is 6.29 Å². The van der Waals surface area contributed by atoms with Crippen LogP contribution < -0.4 is 0 Å². The van der Waals surface area contributed by atoms with Gasteiger partial charge in [-0.15, -0.1) is 11.3 Å². The molecule has 1 aromatic rings. The molecule has 0 radical (unpaired) electrons. The summed E-state index contributed by atoms with van der Waals surface area (Å²) in [5.41, 5.74) is 0.897. The number of ether oxygens (including phenoxy) is 2. The number of nitrogens with zero attached hydrogens (tertiary/aromatic N) is 1. The molecule has 1 aromatic heterocycles. The Kier molecular flexibility index (Phi) is 2.85. The molecule has 4 heteroatoms. The van der Waals surface area contributed by atoms with Crippen LogP contribution in [0.3, 0.4) is 0 Å². The third kappa shape index (κ3) is 1.82. The fourth-order valence-electron chi connectivity index (χ4n) is 1.58. The molecule has 2 unspecified atom stereocenters. The first-order valence-corrected chi connectivity index (χ1v) is 5.65. The second-order valence-electron chi connectivity index (χ2n) is 3.73. The zero-order valence-electron chi connectivity index (χ0n) is 8.69. The van der Waals surface area contributed by atoms with Crippen molar-refractivity contribution in [2.24, 2.45) is 5.92 Å². The highest BCUT2D eigenvalue weighted by Gasteiger charge is 2.36. The van der Waals surface area contributed by atoms with Crippen LogP contribution in [0.1, 0.15) is 36.3 Å². The molecule has 1 heterocycles. The molecule has 0 saturated heterocycles. The minimum Gasteiger partial charge on any atom is -0.350 e. The molecule has 78 valence electrons. The van der Waals surface area contributed by atoms with Crippen LogP contribution in [0.4, 0.5) is 0 Å². The van der Waals surface area contributed by atoms with Gasteiger partial charge in [0, 0.05) is 25.5 Å². The van der Waals surface area contributed by atoms with Gasteiger partial charge in [0.15, 0.2) is 0 Å². The fraction of sp³-hybridized carbons (Fsp3) is 0.700. The summed E-state index contributed by atoms with van der Waals surface area (Å²) < 4.78 is 10.3. The summed E-state index contributed by atoms with van der Waals surface area (Å²) in [6.45, 7) is 2.26. The highest BCUT2D eigenvalue weighted by molar-refractivity contribution is 7.09. The Morgan fingerprint density at radius 3 is 2.64 bits per heavy atom. The van der Waals surface area contributed by atoms with Crippen LogP contribution in [0.2, 0.25) is 0 Å². The molecule has 0 N–H and O–H groups in total. The van der Waals surface area contributed by atoms with Crippen molar-refractivity contribution in [2.45, 2.75) is 25.6 Å². The molecule has 0 aromatic carbocycles. The predicted molar refractivity (Wildman–Crippen MR) is 55.4 cm³/mol. The molecule has 2 rings (SSSR count). The van der Waals surface area contributed by atoms with E-state index in [0.717, 1.165) is 11.6 Å². The van der Waals surface area contributed by atoms with Gasteiger partial charge in [0.05, 0.1) is 5.01 Å². The molecule has 2 atom stereocenters. The monoisotopic (exact) mass is 213 g/mol. The zero-order chi connectivity index (χ0) is 10.1.